The average Bonchev–Trinajstić information content (AvgIpc) is 2.98. The molecule has 3 fully saturated rings. The SMILES string of the molecule is CCCNC(C1CCCCCC1)C1C2CCCC21. The minimum atomic E-state index is 0.887. The first kappa shape index (κ1) is 13.0. The molecule has 3 rings (SSSR count). The highest BCUT2D eigenvalue weighted by atomic mass is 14.9. The zero-order valence-corrected chi connectivity index (χ0v) is 12.2. The second kappa shape index (κ2) is 5.94. The molecular formula is C17H31N. The fourth-order valence-electron chi connectivity index (χ4n) is 5.01. The Morgan fingerprint density at radius 1 is 0.889 bits per heavy atom. The monoisotopic (exact) mass is 249 g/mol. The highest BCUT2D eigenvalue weighted by molar-refractivity contribution is 5.07. The van der Waals surface area contributed by atoms with Crippen molar-refractivity contribution in [3.8, 4) is 0 Å². The van der Waals surface area contributed by atoms with Gasteiger partial charge in [0.1, 0.15) is 0 Å². The van der Waals surface area contributed by atoms with Gasteiger partial charge in [0.15, 0.2) is 0 Å². The minimum Gasteiger partial charge on any atom is -0.313 e. The van der Waals surface area contributed by atoms with Crippen molar-refractivity contribution in [1.82, 2.24) is 5.32 Å². The molecule has 1 heteroatoms. The standard InChI is InChI=1S/C17H31N/c1-2-12-18-17(13-8-5-3-4-6-9-13)16-14-10-7-11-15(14)16/h13-18H,2-12H2,1H3. The molecule has 0 aliphatic heterocycles. The van der Waals surface area contributed by atoms with Crippen molar-refractivity contribution in [1.29, 1.82) is 0 Å². The number of hydrogen-bond acceptors (Lipinski definition) is 1. The van der Waals surface area contributed by atoms with Crippen molar-refractivity contribution < 1.29 is 0 Å². The molecule has 0 radical (unpaired) electrons. The van der Waals surface area contributed by atoms with Crippen LogP contribution in [-0.2, 0) is 0 Å². The molecule has 3 aliphatic rings. The topological polar surface area (TPSA) is 12.0 Å². The van der Waals surface area contributed by atoms with Gasteiger partial charge in [-0.1, -0.05) is 39.0 Å². The second-order valence-electron chi connectivity index (χ2n) is 7.07. The predicted octanol–water partition coefficient (Wildman–Crippen LogP) is 4.37. The molecule has 18 heavy (non-hydrogen) atoms. The van der Waals surface area contributed by atoms with Crippen LogP contribution in [-0.4, -0.2) is 12.6 Å². The summed E-state index contributed by atoms with van der Waals surface area (Å²) in [6.45, 7) is 3.56. The van der Waals surface area contributed by atoms with E-state index in [1.807, 2.05) is 0 Å². The van der Waals surface area contributed by atoms with Crippen LogP contribution in [0.1, 0.15) is 71.1 Å². The van der Waals surface area contributed by atoms with E-state index in [4.69, 9.17) is 0 Å². The van der Waals surface area contributed by atoms with Crippen LogP contribution in [0, 0.1) is 23.7 Å². The Labute approximate surface area is 113 Å². The molecule has 0 aromatic rings. The van der Waals surface area contributed by atoms with Crippen molar-refractivity contribution in [2.45, 2.75) is 77.2 Å². The first-order valence-corrected chi connectivity index (χ1v) is 8.65. The Bertz CT molecular complexity index is 244. The fraction of sp³-hybridized carbons (Fsp3) is 1.00. The van der Waals surface area contributed by atoms with E-state index in [0.29, 0.717) is 0 Å². The van der Waals surface area contributed by atoms with Gasteiger partial charge in [0, 0.05) is 6.04 Å². The highest BCUT2D eigenvalue weighted by Crippen LogP contribution is 2.60. The lowest BCUT2D eigenvalue weighted by Gasteiger charge is -2.29. The van der Waals surface area contributed by atoms with Gasteiger partial charge in [0.25, 0.3) is 0 Å². The van der Waals surface area contributed by atoms with Gasteiger partial charge in [-0.05, 0) is 62.3 Å². The van der Waals surface area contributed by atoms with E-state index in [0.717, 1.165) is 29.7 Å². The lowest BCUT2D eigenvalue weighted by atomic mass is 9.86. The van der Waals surface area contributed by atoms with Crippen LogP contribution in [0.4, 0.5) is 0 Å². The zero-order valence-electron chi connectivity index (χ0n) is 12.2. The molecule has 0 saturated heterocycles. The van der Waals surface area contributed by atoms with Gasteiger partial charge in [0.05, 0.1) is 0 Å². The number of fused-ring (bicyclic) bond motifs is 1. The van der Waals surface area contributed by atoms with E-state index >= 15 is 0 Å². The molecule has 0 bridgehead atoms. The molecule has 0 aromatic heterocycles. The lowest BCUT2D eigenvalue weighted by molar-refractivity contribution is 0.268. The van der Waals surface area contributed by atoms with Gasteiger partial charge >= 0.3 is 0 Å². The van der Waals surface area contributed by atoms with Crippen molar-refractivity contribution in [2.24, 2.45) is 23.7 Å². The average molecular weight is 249 g/mol. The summed E-state index contributed by atoms with van der Waals surface area (Å²) in [6.07, 6.45) is 14.9. The van der Waals surface area contributed by atoms with E-state index < -0.39 is 0 Å². The van der Waals surface area contributed by atoms with Gasteiger partial charge < -0.3 is 5.32 Å². The third-order valence-electron chi connectivity index (χ3n) is 5.93. The second-order valence-corrected chi connectivity index (χ2v) is 7.07. The summed E-state index contributed by atoms with van der Waals surface area (Å²) in [6, 6.07) is 0.887. The number of nitrogens with one attached hydrogen (secondary N) is 1. The van der Waals surface area contributed by atoms with Crippen molar-refractivity contribution in [3.05, 3.63) is 0 Å². The summed E-state index contributed by atoms with van der Waals surface area (Å²) in [4.78, 5) is 0. The highest BCUT2D eigenvalue weighted by Gasteiger charge is 2.56. The van der Waals surface area contributed by atoms with E-state index in [1.54, 1.807) is 12.8 Å². The van der Waals surface area contributed by atoms with Gasteiger partial charge in [-0.3, -0.25) is 0 Å². The number of hydrogen-bond donors (Lipinski definition) is 1. The Hall–Kier alpha value is -0.0400. The van der Waals surface area contributed by atoms with Gasteiger partial charge in [-0.25, -0.2) is 0 Å². The third kappa shape index (κ3) is 2.61. The predicted molar refractivity (Wildman–Crippen MR) is 77.6 cm³/mol. The summed E-state index contributed by atoms with van der Waals surface area (Å²) in [5.41, 5.74) is 0. The van der Waals surface area contributed by atoms with Crippen molar-refractivity contribution in [2.75, 3.05) is 6.54 Å². The smallest absolute Gasteiger partial charge is 0.0129 e. The molecule has 1 N–H and O–H groups in total. The van der Waals surface area contributed by atoms with Gasteiger partial charge in [0.2, 0.25) is 0 Å². The quantitative estimate of drug-likeness (QED) is 0.713. The summed E-state index contributed by atoms with van der Waals surface area (Å²) < 4.78 is 0. The molecule has 1 nitrogen and oxygen atoms in total. The van der Waals surface area contributed by atoms with Crippen LogP contribution in [0.25, 0.3) is 0 Å². The maximum atomic E-state index is 3.96. The van der Waals surface area contributed by atoms with Crippen LogP contribution in [0.3, 0.4) is 0 Å². The minimum absolute atomic E-state index is 0.887. The summed E-state index contributed by atoms with van der Waals surface area (Å²) in [5, 5.41) is 3.96. The van der Waals surface area contributed by atoms with E-state index in [-0.39, 0.29) is 0 Å². The summed E-state index contributed by atoms with van der Waals surface area (Å²) in [7, 11) is 0. The molecule has 0 spiro atoms. The molecular weight excluding hydrogens is 218 g/mol. The molecule has 0 heterocycles. The molecule has 3 saturated carbocycles. The molecule has 104 valence electrons. The zero-order chi connectivity index (χ0) is 12.4. The Morgan fingerprint density at radius 2 is 1.56 bits per heavy atom. The first-order chi connectivity index (χ1) is 8.92. The van der Waals surface area contributed by atoms with Crippen molar-refractivity contribution >= 4 is 0 Å². The molecule has 3 atom stereocenters. The van der Waals surface area contributed by atoms with Crippen LogP contribution < -0.4 is 5.32 Å². The van der Waals surface area contributed by atoms with E-state index in [1.165, 1.54) is 57.9 Å². The Kier molecular flexibility index (Phi) is 4.28. The maximum absolute atomic E-state index is 3.96. The lowest BCUT2D eigenvalue weighted by Crippen LogP contribution is -2.39. The first-order valence-electron chi connectivity index (χ1n) is 8.65. The molecule has 0 amide bonds. The fourth-order valence-corrected chi connectivity index (χ4v) is 5.01. The van der Waals surface area contributed by atoms with Crippen molar-refractivity contribution in [3.63, 3.8) is 0 Å². The van der Waals surface area contributed by atoms with Crippen LogP contribution in [0.15, 0.2) is 0 Å². The van der Waals surface area contributed by atoms with E-state index in [9.17, 15) is 0 Å². The Morgan fingerprint density at radius 3 is 2.17 bits per heavy atom. The van der Waals surface area contributed by atoms with Crippen LogP contribution in [0.2, 0.25) is 0 Å². The van der Waals surface area contributed by atoms with E-state index in [2.05, 4.69) is 12.2 Å². The summed E-state index contributed by atoms with van der Waals surface area (Å²) in [5.74, 6) is 4.34. The molecule has 3 aliphatic carbocycles. The largest absolute Gasteiger partial charge is 0.313 e. The number of rotatable bonds is 5. The van der Waals surface area contributed by atoms with Gasteiger partial charge in [-0.15, -0.1) is 0 Å². The van der Waals surface area contributed by atoms with Crippen LogP contribution >= 0.6 is 0 Å². The Balaban J connectivity index is 1.61. The van der Waals surface area contributed by atoms with Crippen LogP contribution in [0.5, 0.6) is 0 Å². The van der Waals surface area contributed by atoms with Gasteiger partial charge in [-0.2, -0.15) is 0 Å². The third-order valence-corrected chi connectivity index (χ3v) is 5.93. The maximum Gasteiger partial charge on any atom is 0.0129 e. The normalized spacial score (nSPS) is 38.2. The molecule has 3 unspecified atom stereocenters. The molecule has 0 aromatic carbocycles. The summed E-state index contributed by atoms with van der Waals surface area (Å²) >= 11 is 0.